The molecule has 0 atom stereocenters. The van der Waals surface area contributed by atoms with Crippen LogP contribution >= 0.6 is 0 Å². The molecular formula is C18H21FN2O2. The number of rotatable bonds is 6. The van der Waals surface area contributed by atoms with Crippen LogP contribution in [-0.2, 0) is 19.6 Å². The molecule has 0 unspecified atom stereocenters. The Kier molecular flexibility index (Phi) is 6.11. The van der Waals surface area contributed by atoms with Gasteiger partial charge in [0, 0.05) is 13.1 Å². The van der Waals surface area contributed by atoms with Crippen molar-refractivity contribution in [3.05, 3.63) is 70.5 Å². The lowest BCUT2D eigenvalue weighted by Crippen LogP contribution is -2.36. The van der Waals surface area contributed by atoms with E-state index in [1.165, 1.54) is 6.07 Å². The second-order valence-corrected chi connectivity index (χ2v) is 5.42. The van der Waals surface area contributed by atoms with Gasteiger partial charge in [-0.15, -0.1) is 0 Å². The van der Waals surface area contributed by atoms with E-state index in [9.17, 15) is 9.18 Å². The zero-order chi connectivity index (χ0) is 16.7. The molecule has 2 rings (SSSR count). The maximum Gasteiger partial charge on any atom is 0.315 e. The summed E-state index contributed by atoms with van der Waals surface area (Å²) in [5.74, 6) is -0.268. The number of benzene rings is 2. The van der Waals surface area contributed by atoms with Gasteiger partial charge in [-0.3, -0.25) is 0 Å². The summed E-state index contributed by atoms with van der Waals surface area (Å²) in [6.07, 6.45) is 0.707. The molecule has 0 fully saturated rings. The lowest BCUT2D eigenvalue weighted by Gasteiger charge is -2.09. The number of urea groups is 1. The van der Waals surface area contributed by atoms with Crippen LogP contribution < -0.4 is 10.6 Å². The first-order valence-corrected chi connectivity index (χ1v) is 7.54. The second kappa shape index (κ2) is 8.29. The zero-order valence-corrected chi connectivity index (χ0v) is 13.1. The van der Waals surface area contributed by atoms with Gasteiger partial charge >= 0.3 is 6.03 Å². The van der Waals surface area contributed by atoms with E-state index in [2.05, 4.69) is 10.6 Å². The molecule has 0 saturated carbocycles. The molecule has 23 heavy (non-hydrogen) atoms. The molecule has 0 aliphatic carbocycles. The lowest BCUT2D eigenvalue weighted by molar-refractivity contribution is 0.240. The summed E-state index contributed by atoms with van der Waals surface area (Å²) in [5.41, 5.74) is 3.26. The van der Waals surface area contributed by atoms with E-state index in [0.717, 1.165) is 16.7 Å². The molecule has 2 aromatic carbocycles. The van der Waals surface area contributed by atoms with Crippen LogP contribution in [0.1, 0.15) is 22.3 Å². The van der Waals surface area contributed by atoms with Crippen molar-refractivity contribution in [2.75, 3.05) is 6.54 Å². The van der Waals surface area contributed by atoms with Gasteiger partial charge in [-0.2, -0.15) is 0 Å². The van der Waals surface area contributed by atoms with Gasteiger partial charge in [0.15, 0.2) is 0 Å². The minimum absolute atomic E-state index is 0.0283. The summed E-state index contributed by atoms with van der Waals surface area (Å²) in [4.78, 5) is 11.7. The lowest BCUT2D eigenvalue weighted by atomic mass is 10.1. The molecule has 5 heteroatoms. The van der Waals surface area contributed by atoms with E-state index in [4.69, 9.17) is 5.11 Å². The molecule has 0 heterocycles. The molecule has 0 bridgehead atoms. The van der Waals surface area contributed by atoms with Gasteiger partial charge in [0.2, 0.25) is 0 Å². The Morgan fingerprint density at radius 3 is 2.35 bits per heavy atom. The third-order valence-corrected chi connectivity index (χ3v) is 3.59. The van der Waals surface area contributed by atoms with Crippen molar-refractivity contribution in [3.63, 3.8) is 0 Å². The van der Waals surface area contributed by atoms with Gasteiger partial charge in [-0.1, -0.05) is 36.4 Å². The summed E-state index contributed by atoms with van der Waals surface area (Å²) >= 11 is 0. The van der Waals surface area contributed by atoms with E-state index in [-0.39, 0.29) is 25.0 Å². The summed E-state index contributed by atoms with van der Waals surface area (Å²) in [5, 5.41) is 14.4. The highest BCUT2D eigenvalue weighted by atomic mass is 19.1. The van der Waals surface area contributed by atoms with Gasteiger partial charge in [0.25, 0.3) is 0 Å². The maximum atomic E-state index is 13.4. The van der Waals surface area contributed by atoms with Crippen molar-refractivity contribution in [1.29, 1.82) is 0 Å². The molecule has 0 aromatic heterocycles. The van der Waals surface area contributed by atoms with E-state index >= 15 is 0 Å². The van der Waals surface area contributed by atoms with Crippen LogP contribution in [0.2, 0.25) is 0 Å². The third-order valence-electron chi connectivity index (χ3n) is 3.59. The number of aryl methyl sites for hydroxylation is 1. The van der Waals surface area contributed by atoms with Crippen LogP contribution in [0.25, 0.3) is 0 Å². The molecular weight excluding hydrogens is 295 g/mol. The molecule has 0 aliphatic rings. The largest absolute Gasteiger partial charge is 0.392 e. The standard InChI is InChI=1S/C18H21FN2O2/c1-13-2-3-16(10-17(13)19)11-21-18(23)20-9-8-14-4-6-15(12-22)7-5-14/h2-7,10,22H,8-9,11-12H2,1H3,(H2,20,21,23). The van der Waals surface area contributed by atoms with Crippen LogP contribution in [0, 0.1) is 12.7 Å². The van der Waals surface area contributed by atoms with Gasteiger partial charge in [0.1, 0.15) is 5.82 Å². The summed E-state index contributed by atoms with van der Waals surface area (Å²) in [7, 11) is 0. The van der Waals surface area contributed by atoms with Crippen molar-refractivity contribution in [1.82, 2.24) is 10.6 Å². The van der Waals surface area contributed by atoms with Crippen molar-refractivity contribution >= 4 is 6.03 Å². The predicted molar refractivity (Wildman–Crippen MR) is 87.4 cm³/mol. The molecule has 122 valence electrons. The van der Waals surface area contributed by atoms with Gasteiger partial charge in [-0.25, -0.2) is 9.18 Å². The Hall–Kier alpha value is -2.40. The first-order chi connectivity index (χ1) is 11.1. The van der Waals surface area contributed by atoms with Gasteiger partial charge in [0.05, 0.1) is 6.61 Å². The fourth-order valence-corrected chi connectivity index (χ4v) is 2.12. The van der Waals surface area contributed by atoms with Gasteiger partial charge < -0.3 is 15.7 Å². The van der Waals surface area contributed by atoms with E-state index in [1.54, 1.807) is 19.1 Å². The van der Waals surface area contributed by atoms with E-state index in [1.807, 2.05) is 24.3 Å². The SMILES string of the molecule is Cc1ccc(CNC(=O)NCCc2ccc(CO)cc2)cc1F. The van der Waals surface area contributed by atoms with Crippen molar-refractivity contribution in [2.24, 2.45) is 0 Å². The Morgan fingerprint density at radius 2 is 1.70 bits per heavy atom. The smallest absolute Gasteiger partial charge is 0.315 e. The van der Waals surface area contributed by atoms with Crippen LogP contribution in [-0.4, -0.2) is 17.7 Å². The summed E-state index contributed by atoms with van der Waals surface area (Å²) in [6, 6.07) is 12.2. The van der Waals surface area contributed by atoms with Gasteiger partial charge in [-0.05, 0) is 41.7 Å². The molecule has 2 aromatic rings. The fraction of sp³-hybridized carbons (Fsp3) is 0.278. The number of aliphatic hydroxyl groups is 1. The molecule has 0 radical (unpaired) electrons. The Bertz CT molecular complexity index is 657. The zero-order valence-electron chi connectivity index (χ0n) is 13.1. The summed E-state index contributed by atoms with van der Waals surface area (Å²) < 4.78 is 13.4. The number of hydrogen-bond acceptors (Lipinski definition) is 2. The second-order valence-electron chi connectivity index (χ2n) is 5.42. The highest BCUT2D eigenvalue weighted by molar-refractivity contribution is 5.73. The first-order valence-electron chi connectivity index (χ1n) is 7.54. The highest BCUT2D eigenvalue weighted by Crippen LogP contribution is 2.08. The minimum atomic E-state index is -0.280. The Morgan fingerprint density at radius 1 is 1.04 bits per heavy atom. The summed E-state index contributed by atoms with van der Waals surface area (Å²) in [6.45, 7) is 2.52. The third kappa shape index (κ3) is 5.38. The predicted octanol–water partition coefficient (Wildman–Crippen LogP) is 2.67. The number of aliphatic hydroxyl groups excluding tert-OH is 1. The Labute approximate surface area is 135 Å². The minimum Gasteiger partial charge on any atom is -0.392 e. The highest BCUT2D eigenvalue weighted by Gasteiger charge is 2.03. The maximum absolute atomic E-state index is 13.4. The quantitative estimate of drug-likeness (QED) is 0.767. The van der Waals surface area contributed by atoms with E-state index in [0.29, 0.717) is 18.5 Å². The normalized spacial score (nSPS) is 10.4. The van der Waals surface area contributed by atoms with Crippen LogP contribution in [0.15, 0.2) is 42.5 Å². The average Bonchev–Trinajstić information content (AvgIpc) is 2.56. The Balaban J connectivity index is 1.71. The van der Waals surface area contributed by atoms with Crippen molar-refractivity contribution in [2.45, 2.75) is 26.5 Å². The molecule has 4 nitrogen and oxygen atoms in total. The number of carbonyl (C=O) groups is 1. The molecule has 2 amide bonds. The first kappa shape index (κ1) is 17.0. The number of halogens is 1. The average molecular weight is 316 g/mol. The van der Waals surface area contributed by atoms with Crippen LogP contribution in [0.3, 0.4) is 0 Å². The number of hydrogen-bond donors (Lipinski definition) is 3. The molecule has 0 aliphatic heterocycles. The van der Waals surface area contributed by atoms with Crippen LogP contribution in [0.4, 0.5) is 9.18 Å². The molecule has 3 N–H and O–H groups in total. The number of amides is 2. The van der Waals surface area contributed by atoms with Crippen LogP contribution in [0.5, 0.6) is 0 Å². The number of carbonyl (C=O) groups excluding carboxylic acids is 1. The monoisotopic (exact) mass is 316 g/mol. The fourth-order valence-electron chi connectivity index (χ4n) is 2.12. The number of nitrogens with one attached hydrogen (secondary N) is 2. The van der Waals surface area contributed by atoms with Crippen molar-refractivity contribution < 1.29 is 14.3 Å². The van der Waals surface area contributed by atoms with Crippen molar-refractivity contribution in [3.8, 4) is 0 Å². The molecule has 0 saturated heterocycles. The molecule has 0 spiro atoms. The topological polar surface area (TPSA) is 61.4 Å². The van der Waals surface area contributed by atoms with E-state index < -0.39 is 0 Å².